The van der Waals surface area contributed by atoms with Crippen molar-refractivity contribution in [1.82, 2.24) is 10.9 Å². The maximum Gasteiger partial charge on any atom is 0.303 e. The highest BCUT2D eigenvalue weighted by molar-refractivity contribution is 5.67. The van der Waals surface area contributed by atoms with Crippen LogP contribution in [-0.2, 0) is 4.79 Å². The topological polar surface area (TPSA) is 61.4 Å². The highest BCUT2D eigenvalue weighted by Gasteiger charge is 2.30. The number of hydrogen-bond acceptors (Lipinski definition) is 3. The van der Waals surface area contributed by atoms with Gasteiger partial charge in [-0.1, -0.05) is 6.07 Å². The second-order valence-corrected chi connectivity index (χ2v) is 4.03. The molecule has 17 heavy (non-hydrogen) atoms. The van der Waals surface area contributed by atoms with Crippen molar-refractivity contribution >= 4 is 5.97 Å². The highest BCUT2D eigenvalue weighted by Crippen LogP contribution is 2.28. The van der Waals surface area contributed by atoms with Gasteiger partial charge in [-0.2, -0.15) is 0 Å². The van der Waals surface area contributed by atoms with E-state index in [2.05, 4.69) is 10.9 Å². The second-order valence-electron chi connectivity index (χ2n) is 4.03. The first-order chi connectivity index (χ1) is 8.08. The molecule has 2 rings (SSSR count). The molecule has 3 N–H and O–H groups in total. The number of rotatable bonds is 3. The summed E-state index contributed by atoms with van der Waals surface area (Å²) in [5.41, 5.74) is 6.25. The van der Waals surface area contributed by atoms with Crippen LogP contribution in [0.5, 0.6) is 0 Å². The largest absolute Gasteiger partial charge is 0.481 e. The van der Waals surface area contributed by atoms with Crippen molar-refractivity contribution in [2.45, 2.75) is 12.5 Å². The van der Waals surface area contributed by atoms with Crippen molar-refractivity contribution < 1.29 is 18.7 Å². The Labute approximate surface area is 96.6 Å². The van der Waals surface area contributed by atoms with Crippen LogP contribution in [0.15, 0.2) is 18.2 Å². The summed E-state index contributed by atoms with van der Waals surface area (Å²) < 4.78 is 25.9. The molecule has 1 aromatic rings. The molecule has 0 radical (unpaired) electrons. The van der Waals surface area contributed by atoms with Crippen LogP contribution in [0.3, 0.4) is 0 Å². The lowest BCUT2D eigenvalue weighted by Crippen LogP contribution is -2.25. The van der Waals surface area contributed by atoms with Gasteiger partial charge in [0.05, 0.1) is 12.5 Å². The van der Waals surface area contributed by atoms with Gasteiger partial charge in [-0.25, -0.2) is 14.2 Å². The van der Waals surface area contributed by atoms with Crippen LogP contribution < -0.4 is 10.9 Å². The Balaban J connectivity index is 2.20. The minimum atomic E-state index is -0.926. The third-order valence-electron chi connectivity index (χ3n) is 2.83. The van der Waals surface area contributed by atoms with E-state index < -0.39 is 17.6 Å². The molecule has 0 spiro atoms. The highest BCUT2D eigenvalue weighted by atomic mass is 19.2. The van der Waals surface area contributed by atoms with E-state index in [-0.39, 0.29) is 18.4 Å². The normalized spacial score (nSPS) is 23.9. The average Bonchev–Trinajstić information content (AvgIpc) is 2.69. The first kappa shape index (κ1) is 11.9. The smallest absolute Gasteiger partial charge is 0.303 e. The Morgan fingerprint density at radius 2 is 2.18 bits per heavy atom. The lowest BCUT2D eigenvalue weighted by Gasteiger charge is -2.17. The molecule has 1 heterocycles. The number of benzene rings is 1. The van der Waals surface area contributed by atoms with E-state index in [0.717, 1.165) is 12.1 Å². The molecule has 6 heteroatoms. The standard InChI is InChI=1S/C11H12F2N2O2/c12-8-2-1-6(3-9(8)13)11-7(4-10(16)17)5-14-15-11/h1-3,7,11,14-15H,4-5H2,(H,16,17). The van der Waals surface area contributed by atoms with Crippen LogP contribution in [0, 0.1) is 17.6 Å². The van der Waals surface area contributed by atoms with Gasteiger partial charge in [0.2, 0.25) is 0 Å². The molecule has 0 bridgehead atoms. The fourth-order valence-corrected chi connectivity index (χ4v) is 2.01. The van der Waals surface area contributed by atoms with Crippen molar-refractivity contribution in [3.8, 4) is 0 Å². The summed E-state index contributed by atoms with van der Waals surface area (Å²) in [4.78, 5) is 10.7. The number of carboxylic acids is 1. The van der Waals surface area contributed by atoms with Gasteiger partial charge in [0, 0.05) is 12.5 Å². The molecular formula is C11H12F2N2O2. The summed E-state index contributed by atoms with van der Waals surface area (Å²) in [7, 11) is 0. The van der Waals surface area contributed by atoms with Crippen LogP contribution in [0.1, 0.15) is 18.0 Å². The fraction of sp³-hybridized carbons (Fsp3) is 0.364. The zero-order valence-corrected chi connectivity index (χ0v) is 8.91. The van der Waals surface area contributed by atoms with Crippen LogP contribution in [0.2, 0.25) is 0 Å². The summed E-state index contributed by atoms with van der Waals surface area (Å²) in [6.45, 7) is 0.482. The molecule has 1 saturated heterocycles. The van der Waals surface area contributed by atoms with Gasteiger partial charge in [-0.05, 0) is 17.7 Å². The minimum absolute atomic E-state index is 0.0241. The Kier molecular flexibility index (Phi) is 3.35. The summed E-state index contributed by atoms with van der Waals surface area (Å²) in [6.07, 6.45) is -0.0241. The van der Waals surface area contributed by atoms with E-state index in [1.54, 1.807) is 0 Å². The van der Waals surface area contributed by atoms with Gasteiger partial charge >= 0.3 is 5.97 Å². The lowest BCUT2D eigenvalue weighted by atomic mass is 9.92. The predicted octanol–water partition coefficient (Wildman–Crippen LogP) is 1.20. The molecule has 0 saturated carbocycles. The second kappa shape index (κ2) is 4.77. The Bertz CT molecular complexity index is 439. The SMILES string of the molecule is O=C(O)CC1CNNC1c1ccc(F)c(F)c1. The Morgan fingerprint density at radius 3 is 2.82 bits per heavy atom. The van der Waals surface area contributed by atoms with Crippen LogP contribution >= 0.6 is 0 Å². The molecule has 0 amide bonds. The maximum atomic E-state index is 13.1. The minimum Gasteiger partial charge on any atom is -0.481 e. The van der Waals surface area contributed by atoms with Gasteiger partial charge in [0.25, 0.3) is 0 Å². The third kappa shape index (κ3) is 2.59. The molecule has 0 aliphatic carbocycles. The Hall–Kier alpha value is -1.53. The van der Waals surface area contributed by atoms with Gasteiger partial charge in [0.15, 0.2) is 11.6 Å². The van der Waals surface area contributed by atoms with Gasteiger partial charge < -0.3 is 5.11 Å². The molecule has 1 aromatic carbocycles. The molecule has 2 atom stereocenters. The molecule has 1 fully saturated rings. The lowest BCUT2D eigenvalue weighted by molar-refractivity contribution is -0.138. The first-order valence-electron chi connectivity index (χ1n) is 5.23. The summed E-state index contributed by atoms with van der Waals surface area (Å²) >= 11 is 0. The van der Waals surface area contributed by atoms with Crippen LogP contribution in [0.4, 0.5) is 8.78 Å². The number of aliphatic carboxylic acids is 1. The first-order valence-corrected chi connectivity index (χ1v) is 5.23. The van der Waals surface area contributed by atoms with E-state index in [9.17, 15) is 13.6 Å². The van der Waals surface area contributed by atoms with Crippen molar-refractivity contribution in [2.75, 3.05) is 6.54 Å². The van der Waals surface area contributed by atoms with Gasteiger partial charge in [-0.15, -0.1) is 0 Å². The summed E-state index contributed by atoms with van der Waals surface area (Å²) in [6, 6.07) is 3.27. The van der Waals surface area contributed by atoms with Crippen LogP contribution in [-0.4, -0.2) is 17.6 Å². The van der Waals surface area contributed by atoms with Gasteiger partial charge in [0.1, 0.15) is 0 Å². The average molecular weight is 242 g/mol. The predicted molar refractivity (Wildman–Crippen MR) is 56.0 cm³/mol. The molecular weight excluding hydrogens is 230 g/mol. The number of carbonyl (C=O) groups is 1. The third-order valence-corrected chi connectivity index (χ3v) is 2.83. The van der Waals surface area contributed by atoms with Crippen molar-refractivity contribution in [2.24, 2.45) is 5.92 Å². The van der Waals surface area contributed by atoms with E-state index >= 15 is 0 Å². The molecule has 1 aliphatic rings. The van der Waals surface area contributed by atoms with E-state index in [0.29, 0.717) is 12.1 Å². The number of carboxylic acid groups (broad SMARTS) is 1. The number of halogens is 2. The number of nitrogens with one attached hydrogen (secondary N) is 2. The zero-order valence-electron chi connectivity index (χ0n) is 8.91. The quantitative estimate of drug-likeness (QED) is 0.745. The van der Waals surface area contributed by atoms with Crippen molar-refractivity contribution in [3.63, 3.8) is 0 Å². The monoisotopic (exact) mass is 242 g/mol. The van der Waals surface area contributed by atoms with Crippen molar-refractivity contribution in [1.29, 1.82) is 0 Å². The summed E-state index contributed by atoms with van der Waals surface area (Å²) in [5.74, 6) is -2.93. The molecule has 0 aromatic heterocycles. The summed E-state index contributed by atoms with van der Waals surface area (Å²) in [5, 5.41) is 8.75. The number of hydrazine groups is 1. The molecule has 4 nitrogen and oxygen atoms in total. The van der Waals surface area contributed by atoms with E-state index in [1.807, 2.05) is 0 Å². The van der Waals surface area contributed by atoms with Gasteiger partial charge in [-0.3, -0.25) is 10.2 Å². The van der Waals surface area contributed by atoms with E-state index in [1.165, 1.54) is 6.07 Å². The van der Waals surface area contributed by atoms with E-state index in [4.69, 9.17) is 5.11 Å². The Morgan fingerprint density at radius 1 is 1.41 bits per heavy atom. The van der Waals surface area contributed by atoms with Crippen LogP contribution in [0.25, 0.3) is 0 Å². The number of hydrogen-bond donors (Lipinski definition) is 3. The van der Waals surface area contributed by atoms with Crippen molar-refractivity contribution in [3.05, 3.63) is 35.4 Å². The maximum absolute atomic E-state index is 13.1. The molecule has 2 unspecified atom stereocenters. The molecule has 92 valence electrons. The zero-order chi connectivity index (χ0) is 12.4. The molecule has 1 aliphatic heterocycles. The fourth-order valence-electron chi connectivity index (χ4n) is 2.01.